The number of hydrogen-bond acceptors (Lipinski definition) is 3. The minimum atomic E-state index is -3.21. The molecular formula is C22H34O3Sn2. The fourth-order valence-corrected chi connectivity index (χ4v) is 35.4. The van der Waals surface area contributed by atoms with Crippen LogP contribution < -0.4 is 6.15 Å². The van der Waals surface area contributed by atoms with E-state index in [0.717, 1.165) is 11.5 Å². The molecule has 2 rings (SSSR count). The second kappa shape index (κ2) is 8.54. The van der Waals surface area contributed by atoms with Gasteiger partial charge >= 0.3 is 176 Å². The molecule has 3 nitrogen and oxygen atoms in total. The Kier molecular flexibility index (Phi) is 7.23. The molecule has 0 saturated carbocycles. The third kappa shape index (κ3) is 5.79. The van der Waals surface area contributed by atoms with Crippen molar-refractivity contribution in [1.29, 1.82) is 0 Å². The van der Waals surface area contributed by atoms with Crippen molar-refractivity contribution >= 4 is 38.4 Å². The van der Waals surface area contributed by atoms with Gasteiger partial charge in [0.25, 0.3) is 0 Å². The van der Waals surface area contributed by atoms with Gasteiger partial charge < -0.3 is 0 Å². The molecule has 0 spiro atoms. The van der Waals surface area contributed by atoms with Crippen LogP contribution in [0.2, 0.25) is 19.8 Å². The van der Waals surface area contributed by atoms with E-state index in [1.165, 1.54) is 33.4 Å². The van der Waals surface area contributed by atoms with Crippen LogP contribution in [0.3, 0.4) is 0 Å². The van der Waals surface area contributed by atoms with E-state index in [1.807, 2.05) is 0 Å². The predicted molar refractivity (Wildman–Crippen MR) is 119 cm³/mol. The van der Waals surface area contributed by atoms with E-state index < -0.39 is 38.4 Å². The van der Waals surface area contributed by atoms with Crippen LogP contribution in [0.5, 0.6) is 11.5 Å². The number of hydrogen-bond donors (Lipinski definition) is 0. The van der Waals surface area contributed by atoms with E-state index >= 15 is 0 Å². The second-order valence-electron chi connectivity index (χ2n) is 8.37. The van der Waals surface area contributed by atoms with Gasteiger partial charge in [-0.15, -0.1) is 0 Å². The predicted octanol–water partition coefficient (Wildman–Crippen LogP) is 6.42. The van der Waals surface area contributed by atoms with Crippen molar-refractivity contribution in [3.05, 3.63) is 57.6 Å². The zero-order valence-electron chi connectivity index (χ0n) is 18.5. The molecule has 0 aliphatic heterocycles. The number of aryl methyl sites for hydroxylation is 2. The van der Waals surface area contributed by atoms with Crippen molar-refractivity contribution in [3.8, 4) is 11.5 Å². The van der Waals surface area contributed by atoms with Crippen molar-refractivity contribution < 1.29 is 7.56 Å². The van der Waals surface area contributed by atoms with E-state index in [0.29, 0.717) is 0 Å². The summed E-state index contributed by atoms with van der Waals surface area (Å²) < 4.78 is 19.6. The third-order valence-electron chi connectivity index (χ3n) is 5.22. The van der Waals surface area contributed by atoms with E-state index in [9.17, 15) is 0 Å². The molecular weight excluding hydrogens is 550 g/mol. The molecule has 0 radical (unpaired) electrons. The molecule has 27 heavy (non-hydrogen) atoms. The van der Waals surface area contributed by atoms with Crippen molar-refractivity contribution in [2.75, 3.05) is 0 Å². The summed E-state index contributed by atoms with van der Waals surface area (Å²) >= 11 is -6.42. The summed E-state index contributed by atoms with van der Waals surface area (Å²) in [5.41, 5.74) is 7.59. The Labute approximate surface area is 175 Å². The van der Waals surface area contributed by atoms with Gasteiger partial charge in [0.1, 0.15) is 0 Å². The van der Waals surface area contributed by atoms with Crippen LogP contribution in [0, 0.1) is 41.5 Å². The van der Waals surface area contributed by atoms with Gasteiger partial charge in [0.2, 0.25) is 0 Å². The van der Waals surface area contributed by atoms with E-state index in [2.05, 4.69) is 85.6 Å². The minimum absolute atomic E-state index is 0.961. The summed E-state index contributed by atoms with van der Waals surface area (Å²) in [4.78, 5) is 8.72. The van der Waals surface area contributed by atoms with Crippen molar-refractivity contribution in [2.45, 2.75) is 61.3 Å². The molecule has 148 valence electrons. The van der Waals surface area contributed by atoms with Crippen LogP contribution in [0.25, 0.3) is 0 Å². The maximum absolute atomic E-state index is 6.66. The summed E-state index contributed by atoms with van der Waals surface area (Å²) in [7, 11) is 0. The number of benzene rings is 2. The summed E-state index contributed by atoms with van der Waals surface area (Å²) in [5.74, 6) is 1.92. The third-order valence-corrected chi connectivity index (χ3v) is 30.9. The second-order valence-corrected chi connectivity index (χ2v) is 30.0. The standard InChI is InChI=1S/2C9H12O.4CH3.O.2Sn/c2*1-6-4-5-9(10)8(3)7(6)2;;;;;;;/h2*4-5,10H,1-3H3;4*1H3;;;/q;;;;;;;2*+1/p-2. The Morgan fingerprint density at radius 2 is 0.852 bits per heavy atom. The first-order valence-electron chi connectivity index (χ1n) is 9.55. The summed E-state index contributed by atoms with van der Waals surface area (Å²) in [6.45, 7) is 12.8. The van der Waals surface area contributed by atoms with E-state index in [4.69, 9.17) is 7.56 Å². The zero-order chi connectivity index (χ0) is 20.6. The van der Waals surface area contributed by atoms with Crippen LogP contribution in [0.4, 0.5) is 0 Å². The molecule has 0 saturated heterocycles. The van der Waals surface area contributed by atoms with Gasteiger partial charge in [-0.25, -0.2) is 0 Å². The van der Waals surface area contributed by atoms with E-state index in [1.54, 1.807) is 0 Å². The average Bonchev–Trinajstić information content (AvgIpc) is 2.55. The molecule has 0 aliphatic carbocycles. The fourth-order valence-electron chi connectivity index (χ4n) is 3.25. The molecule has 0 N–H and O–H groups in total. The van der Waals surface area contributed by atoms with E-state index in [-0.39, 0.29) is 0 Å². The van der Waals surface area contributed by atoms with Crippen molar-refractivity contribution in [3.63, 3.8) is 0 Å². The quantitative estimate of drug-likeness (QED) is 0.368. The fraction of sp³-hybridized carbons (Fsp3) is 0.455. The van der Waals surface area contributed by atoms with Gasteiger partial charge in [-0.2, -0.15) is 0 Å². The molecule has 0 fully saturated rings. The monoisotopic (exact) mass is 586 g/mol. The van der Waals surface area contributed by atoms with Gasteiger partial charge in [0.15, 0.2) is 0 Å². The van der Waals surface area contributed by atoms with Crippen LogP contribution >= 0.6 is 0 Å². The molecule has 2 aromatic rings. The summed E-state index contributed by atoms with van der Waals surface area (Å²) in [6, 6.07) is 8.42. The molecule has 0 heterocycles. The maximum atomic E-state index is 6.66. The van der Waals surface area contributed by atoms with Gasteiger partial charge in [-0.05, 0) is 0 Å². The van der Waals surface area contributed by atoms with Gasteiger partial charge in [0.05, 0.1) is 0 Å². The molecule has 0 unspecified atom stereocenters. The Morgan fingerprint density at radius 1 is 0.519 bits per heavy atom. The molecule has 0 amide bonds. The normalized spacial score (nSPS) is 12.2. The Hall–Kier alpha value is -0.403. The van der Waals surface area contributed by atoms with Gasteiger partial charge in [-0.3, -0.25) is 0 Å². The van der Waals surface area contributed by atoms with Gasteiger partial charge in [0, 0.05) is 0 Å². The topological polar surface area (TPSA) is 27.7 Å². The molecule has 2 aromatic carbocycles. The average molecular weight is 584 g/mol. The Bertz CT molecular complexity index is 772. The first-order valence-corrected chi connectivity index (χ1v) is 25.6. The van der Waals surface area contributed by atoms with Crippen LogP contribution in [0.15, 0.2) is 24.3 Å². The summed E-state index contributed by atoms with van der Waals surface area (Å²) in [6.07, 6.45) is 0. The van der Waals surface area contributed by atoms with Crippen LogP contribution in [-0.4, -0.2) is 38.4 Å². The molecule has 0 aliphatic rings. The molecule has 5 heteroatoms. The van der Waals surface area contributed by atoms with Crippen LogP contribution in [0.1, 0.15) is 33.4 Å². The molecule has 0 atom stereocenters. The number of rotatable bonds is 6. The Morgan fingerprint density at radius 3 is 1.19 bits per heavy atom. The SMILES string of the molecule is Cc1ccc([O][Sn]([CH3])([CH3])[O][Sn]([CH3])([CH3])[O]c2ccc(C)c(C)c2C)c(C)c1C. The molecule has 0 aromatic heterocycles. The first kappa shape index (κ1) is 22.9. The van der Waals surface area contributed by atoms with Gasteiger partial charge in [-0.1, -0.05) is 0 Å². The first-order chi connectivity index (χ1) is 12.3. The molecule has 0 bridgehead atoms. The summed E-state index contributed by atoms with van der Waals surface area (Å²) in [5, 5.41) is 0. The Balaban J connectivity index is 2.18. The van der Waals surface area contributed by atoms with Crippen molar-refractivity contribution in [2.24, 2.45) is 0 Å². The van der Waals surface area contributed by atoms with Crippen molar-refractivity contribution in [1.82, 2.24) is 0 Å². The van der Waals surface area contributed by atoms with Crippen LogP contribution in [-0.2, 0) is 1.41 Å². The zero-order valence-corrected chi connectivity index (χ0v) is 24.2.